The molecule has 130 valence electrons. The molecule has 5 nitrogen and oxygen atoms in total. The number of rotatable bonds is 3. The Morgan fingerprint density at radius 1 is 1.12 bits per heavy atom. The van der Waals surface area contributed by atoms with Gasteiger partial charge >= 0.3 is 5.97 Å². The first-order valence-corrected chi connectivity index (χ1v) is 8.62. The highest BCUT2D eigenvalue weighted by molar-refractivity contribution is 6.30. The number of para-hydroxylation sites is 2. The highest BCUT2D eigenvalue weighted by Gasteiger charge is 2.25. The maximum atomic E-state index is 12.5. The van der Waals surface area contributed by atoms with E-state index in [1.807, 2.05) is 30.3 Å². The van der Waals surface area contributed by atoms with Crippen LogP contribution < -0.4 is 4.90 Å². The van der Waals surface area contributed by atoms with Gasteiger partial charge in [0.05, 0.1) is 11.1 Å². The average Bonchev–Trinajstić information content (AvgIpc) is 3.09. The van der Waals surface area contributed by atoms with Crippen molar-refractivity contribution in [2.75, 3.05) is 18.1 Å². The zero-order valence-electron chi connectivity index (χ0n) is 13.8. The molecule has 2 heterocycles. The molecule has 1 aliphatic heterocycles. The second-order valence-electron chi connectivity index (χ2n) is 6.01. The standard InChI is InChI=1S/C20H15ClN2O3/c21-18-11-15(14-6-2-3-7-16(14)22-18)20(25)26-12-19(24)23-10-9-13-5-1-4-8-17(13)23/h1-8,11H,9-10,12H2. The fraction of sp³-hybridized carbons (Fsp3) is 0.150. The number of carbonyl (C=O) groups excluding carboxylic acids is 2. The SMILES string of the molecule is O=C(OCC(=O)N1CCc2ccccc21)c1cc(Cl)nc2ccccc12. The lowest BCUT2D eigenvalue weighted by Crippen LogP contribution is -2.33. The third-order valence-corrected chi connectivity index (χ3v) is 4.61. The summed E-state index contributed by atoms with van der Waals surface area (Å²) >= 11 is 6.00. The first-order valence-electron chi connectivity index (χ1n) is 8.24. The number of nitrogens with zero attached hydrogens (tertiary/aromatic N) is 2. The molecule has 0 fully saturated rings. The molecular weight excluding hydrogens is 352 g/mol. The van der Waals surface area contributed by atoms with Crippen molar-refractivity contribution in [3.8, 4) is 0 Å². The maximum absolute atomic E-state index is 12.5. The summed E-state index contributed by atoms with van der Waals surface area (Å²) < 4.78 is 5.26. The van der Waals surface area contributed by atoms with Gasteiger partial charge in [0, 0.05) is 17.6 Å². The summed E-state index contributed by atoms with van der Waals surface area (Å²) in [4.78, 5) is 30.8. The number of ether oxygens (including phenoxy) is 1. The molecule has 6 heteroatoms. The molecule has 0 atom stereocenters. The van der Waals surface area contributed by atoms with E-state index in [0.29, 0.717) is 23.0 Å². The Balaban J connectivity index is 1.51. The van der Waals surface area contributed by atoms with Gasteiger partial charge < -0.3 is 9.64 Å². The van der Waals surface area contributed by atoms with Gasteiger partial charge in [0.15, 0.2) is 6.61 Å². The fourth-order valence-electron chi connectivity index (χ4n) is 3.19. The first kappa shape index (κ1) is 16.5. The van der Waals surface area contributed by atoms with Crippen molar-refractivity contribution in [1.82, 2.24) is 4.98 Å². The predicted octanol–water partition coefficient (Wildman–Crippen LogP) is 3.63. The van der Waals surface area contributed by atoms with Gasteiger partial charge in [0.2, 0.25) is 0 Å². The van der Waals surface area contributed by atoms with E-state index < -0.39 is 5.97 Å². The molecule has 0 N–H and O–H groups in total. The third-order valence-electron chi connectivity index (χ3n) is 4.42. The topological polar surface area (TPSA) is 59.5 Å². The van der Waals surface area contributed by atoms with Crippen molar-refractivity contribution in [2.45, 2.75) is 6.42 Å². The molecule has 3 aromatic rings. The normalized spacial score (nSPS) is 12.9. The maximum Gasteiger partial charge on any atom is 0.339 e. The predicted molar refractivity (Wildman–Crippen MR) is 99.5 cm³/mol. The number of hydrogen-bond acceptors (Lipinski definition) is 4. The highest BCUT2D eigenvalue weighted by Crippen LogP contribution is 2.27. The van der Waals surface area contributed by atoms with E-state index >= 15 is 0 Å². The number of fused-ring (bicyclic) bond motifs is 2. The number of pyridine rings is 1. The lowest BCUT2D eigenvalue weighted by Gasteiger charge is -2.17. The van der Waals surface area contributed by atoms with Gasteiger partial charge in [-0.15, -0.1) is 0 Å². The van der Waals surface area contributed by atoms with E-state index in [-0.39, 0.29) is 17.7 Å². The minimum absolute atomic E-state index is 0.204. The molecule has 1 aliphatic rings. The van der Waals surface area contributed by atoms with Crippen LogP contribution in [0.3, 0.4) is 0 Å². The molecule has 0 aliphatic carbocycles. The molecule has 1 amide bonds. The van der Waals surface area contributed by atoms with Crippen molar-refractivity contribution < 1.29 is 14.3 Å². The summed E-state index contributed by atoms with van der Waals surface area (Å²) in [5, 5.41) is 0.844. The molecule has 4 rings (SSSR count). The molecule has 0 radical (unpaired) electrons. The summed E-state index contributed by atoms with van der Waals surface area (Å²) in [6.07, 6.45) is 0.806. The monoisotopic (exact) mass is 366 g/mol. The summed E-state index contributed by atoms with van der Waals surface area (Å²) in [7, 11) is 0. The van der Waals surface area contributed by atoms with Gasteiger partial charge in [0.1, 0.15) is 5.15 Å². The smallest absolute Gasteiger partial charge is 0.339 e. The van der Waals surface area contributed by atoms with Crippen LogP contribution in [0.1, 0.15) is 15.9 Å². The van der Waals surface area contributed by atoms with Crippen LogP contribution in [0.25, 0.3) is 10.9 Å². The summed E-state index contributed by atoms with van der Waals surface area (Å²) in [6, 6.07) is 16.4. The third kappa shape index (κ3) is 3.02. The highest BCUT2D eigenvalue weighted by atomic mass is 35.5. The second kappa shape index (κ2) is 6.77. The Hall–Kier alpha value is -2.92. The van der Waals surface area contributed by atoms with Crippen LogP contribution in [-0.2, 0) is 16.0 Å². The van der Waals surface area contributed by atoms with Crippen molar-refractivity contribution in [2.24, 2.45) is 0 Å². The molecule has 0 saturated carbocycles. The van der Waals surface area contributed by atoms with Crippen LogP contribution in [0.15, 0.2) is 54.6 Å². The number of anilines is 1. The quantitative estimate of drug-likeness (QED) is 0.524. The number of hydrogen-bond donors (Lipinski definition) is 0. The number of halogens is 1. The summed E-state index contributed by atoms with van der Waals surface area (Å²) in [5.41, 5.74) is 2.91. The van der Waals surface area contributed by atoms with E-state index in [1.54, 1.807) is 23.1 Å². The average molecular weight is 367 g/mol. The fourth-order valence-corrected chi connectivity index (χ4v) is 3.39. The van der Waals surface area contributed by atoms with E-state index in [4.69, 9.17) is 16.3 Å². The number of aromatic nitrogens is 1. The number of benzene rings is 2. The minimum Gasteiger partial charge on any atom is -0.452 e. The molecule has 1 aromatic heterocycles. The van der Waals surface area contributed by atoms with Gasteiger partial charge in [-0.2, -0.15) is 0 Å². The van der Waals surface area contributed by atoms with Gasteiger partial charge in [0.25, 0.3) is 5.91 Å². The Labute approximate surface area is 155 Å². The zero-order chi connectivity index (χ0) is 18.1. The Bertz CT molecular complexity index is 1020. The molecule has 26 heavy (non-hydrogen) atoms. The number of esters is 1. The summed E-state index contributed by atoms with van der Waals surface area (Å²) in [5.74, 6) is -0.834. The van der Waals surface area contributed by atoms with Gasteiger partial charge in [-0.1, -0.05) is 48.0 Å². The summed E-state index contributed by atoms with van der Waals surface area (Å²) in [6.45, 7) is 0.279. The Morgan fingerprint density at radius 3 is 2.77 bits per heavy atom. The van der Waals surface area contributed by atoms with E-state index in [1.165, 1.54) is 6.07 Å². The van der Waals surface area contributed by atoms with E-state index in [2.05, 4.69) is 4.98 Å². The van der Waals surface area contributed by atoms with E-state index in [0.717, 1.165) is 17.7 Å². The van der Waals surface area contributed by atoms with Crippen LogP contribution in [0.2, 0.25) is 5.15 Å². The lowest BCUT2D eigenvalue weighted by atomic mass is 10.1. The van der Waals surface area contributed by atoms with Crippen LogP contribution in [0.5, 0.6) is 0 Å². The van der Waals surface area contributed by atoms with Crippen LogP contribution in [-0.4, -0.2) is 30.0 Å². The molecular formula is C20H15ClN2O3. The van der Waals surface area contributed by atoms with Crippen LogP contribution in [0, 0.1) is 0 Å². The zero-order valence-corrected chi connectivity index (χ0v) is 14.6. The first-order chi connectivity index (χ1) is 12.6. The number of amides is 1. The van der Waals surface area contributed by atoms with Crippen LogP contribution in [0.4, 0.5) is 5.69 Å². The van der Waals surface area contributed by atoms with Crippen molar-refractivity contribution in [3.05, 3.63) is 70.9 Å². The minimum atomic E-state index is -0.591. The molecule has 0 bridgehead atoms. The van der Waals surface area contributed by atoms with Gasteiger partial charge in [-0.25, -0.2) is 9.78 Å². The largest absolute Gasteiger partial charge is 0.452 e. The lowest BCUT2D eigenvalue weighted by molar-refractivity contribution is -0.121. The second-order valence-corrected chi connectivity index (χ2v) is 6.40. The van der Waals surface area contributed by atoms with Crippen LogP contribution >= 0.6 is 11.6 Å². The van der Waals surface area contributed by atoms with Crippen molar-refractivity contribution in [1.29, 1.82) is 0 Å². The Kier molecular flexibility index (Phi) is 4.31. The van der Waals surface area contributed by atoms with Crippen molar-refractivity contribution in [3.63, 3.8) is 0 Å². The van der Waals surface area contributed by atoms with Gasteiger partial charge in [-0.3, -0.25) is 4.79 Å². The van der Waals surface area contributed by atoms with Crippen molar-refractivity contribution >= 4 is 40.1 Å². The number of carbonyl (C=O) groups is 2. The Morgan fingerprint density at radius 2 is 1.88 bits per heavy atom. The van der Waals surface area contributed by atoms with E-state index in [9.17, 15) is 9.59 Å². The molecule has 0 spiro atoms. The van der Waals surface area contributed by atoms with Gasteiger partial charge in [-0.05, 0) is 30.2 Å². The molecule has 2 aromatic carbocycles. The molecule has 0 saturated heterocycles. The molecule has 0 unspecified atom stereocenters.